The number of hydrogen-bond acceptors (Lipinski definition) is 4. The quantitative estimate of drug-likeness (QED) is 0.539. The molecule has 8 heteroatoms. The number of amides is 1. The van der Waals surface area contributed by atoms with Gasteiger partial charge in [-0.15, -0.1) is 0 Å². The Kier molecular flexibility index (Phi) is 6.78. The van der Waals surface area contributed by atoms with Crippen molar-refractivity contribution in [3.05, 3.63) is 63.6 Å². The highest BCUT2D eigenvalue weighted by molar-refractivity contribution is 9.10. The number of rotatable bonds is 6. The zero-order chi connectivity index (χ0) is 20.2. The molecule has 0 atom stereocenters. The van der Waals surface area contributed by atoms with Crippen LogP contribution in [0.4, 0.5) is 5.69 Å². The maximum atomic E-state index is 12.4. The van der Waals surface area contributed by atoms with Crippen LogP contribution in [0.15, 0.2) is 52.0 Å². The summed E-state index contributed by atoms with van der Waals surface area (Å²) < 4.78 is 26.6. The second-order valence-corrected chi connectivity index (χ2v) is 9.08. The third kappa shape index (κ3) is 5.64. The van der Waals surface area contributed by atoms with Gasteiger partial charge in [-0.3, -0.25) is 9.10 Å². The van der Waals surface area contributed by atoms with E-state index in [0.717, 1.165) is 31.7 Å². The average molecular weight is 452 g/mol. The number of para-hydroxylation sites is 1. The first-order chi connectivity index (χ1) is 12.6. The Labute approximate surface area is 168 Å². The van der Waals surface area contributed by atoms with Gasteiger partial charge < -0.3 is 0 Å². The third-order valence-corrected chi connectivity index (χ3v) is 5.57. The van der Waals surface area contributed by atoms with Crippen LogP contribution >= 0.6 is 15.9 Å². The molecule has 0 heterocycles. The van der Waals surface area contributed by atoms with E-state index < -0.39 is 15.9 Å². The number of sulfonamides is 1. The fourth-order valence-corrected chi connectivity index (χ4v) is 4.02. The number of hydrazone groups is 1. The highest BCUT2D eigenvalue weighted by Gasteiger charge is 2.23. The van der Waals surface area contributed by atoms with Gasteiger partial charge in [0.25, 0.3) is 5.91 Å². The maximum absolute atomic E-state index is 12.4. The first-order valence-corrected chi connectivity index (χ1v) is 10.9. The van der Waals surface area contributed by atoms with E-state index in [1.807, 2.05) is 56.3 Å². The smallest absolute Gasteiger partial charge is 0.260 e. The molecule has 0 saturated heterocycles. The summed E-state index contributed by atoms with van der Waals surface area (Å²) in [4.78, 5) is 12.4. The van der Waals surface area contributed by atoms with Crippen LogP contribution in [0, 0.1) is 13.8 Å². The second-order valence-electron chi connectivity index (χ2n) is 6.25. The van der Waals surface area contributed by atoms with Crippen molar-refractivity contribution >= 4 is 43.3 Å². The van der Waals surface area contributed by atoms with Gasteiger partial charge in [-0.25, -0.2) is 13.8 Å². The number of aryl methyl sites for hydroxylation is 2. The average Bonchev–Trinajstić information content (AvgIpc) is 2.57. The molecular weight excluding hydrogens is 430 g/mol. The number of carbonyl (C=O) groups is 1. The summed E-state index contributed by atoms with van der Waals surface area (Å²) in [5.74, 6) is -0.516. The predicted octanol–water partition coefficient (Wildman–Crippen LogP) is 3.37. The number of nitrogens with zero attached hydrogens (tertiary/aromatic N) is 2. The predicted molar refractivity (Wildman–Crippen MR) is 113 cm³/mol. The summed E-state index contributed by atoms with van der Waals surface area (Å²) in [5, 5.41) is 4.08. The summed E-state index contributed by atoms with van der Waals surface area (Å²) >= 11 is 3.39. The van der Waals surface area contributed by atoms with Gasteiger partial charge in [0.2, 0.25) is 10.0 Å². The molecular formula is C19H22BrN3O3S. The molecule has 144 valence electrons. The minimum Gasteiger partial charge on any atom is -0.271 e. The van der Waals surface area contributed by atoms with Crippen molar-refractivity contribution in [3.8, 4) is 0 Å². The highest BCUT2D eigenvalue weighted by Crippen LogP contribution is 2.26. The molecule has 2 aromatic carbocycles. The SMILES string of the molecule is C/C(=N/NC(=O)CN(c1c(C)cccc1C)S(C)(=O)=O)c1cccc(Br)c1. The lowest BCUT2D eigenvalue weighted by atomic mass is 10.1. The number of carbonyl (C=O) groups excluding carboxylic acids is 1. The molecule has 2 rings (SSSR count). The number of halogens is 1. The summed E-state index contributed by atoms with van der Waals surface area (Å²) in [6, 6.07) is 13.0. The zero-order valence-corrected chi connectivity index (χ0v) is 18.1. The molecule has 27 heavy (non-hydrogen) atoms. The topological polar surface area (TPSA) is 78.8 Å². The molecule has 6 nitrogen and oxygen atoms in total. The van der Waals surface area contributed by atoms with Crippen LogP contribution in [0.2, 0.25) is 0 Å². The Hall–Kier alpha value is -2.19. The molecule has 1 amide bonds. The van der Waals surface area contributed by atoms with E-state index in [2.05, 4.69) is 26.5 Å². The van der Waals surface area contributed by atoms with Crippen molar-refractivity contribution in [3.63, 3.8) is 0 Å². The van der Waals surface area contributed by atoms with Gasteiger partial charge in [-0.1, -0.05) is 46.3 Å². The molecule has 0 aliphatic rings. The fraction of sp³-hybridized carbons (Fsp3) is 0.263. The molecule has 0 bridgehead atoms. The summed E-state index contributed by atoms with van der Waals surface area (Å²) in [7, 11) is -3.64. The van der Waals surface area contributed by atoms with Gasteiger partial charge in [0.1, 0.15) is 6.54 Å². The van der Waals surface area contributed by atoms with Crippen molar-refractivity contribution in [2.45, 2.75) is 20.8 Å². The van der Waals surface area contributed by atoms with Crippen LogP contribution in [0.5, 0.6) is 0 Å². The van der Waals surface area contributed by atoms with Gasteiger partial charge in [0, 0.05) is 4.47 Å². The largest absolute Gasteiger partial charge is 0.271 e. The van der Waals surface area contributed by atoms with E-state index in [4.69, 9.17) is 0 Å². The van der Waals surface area contributed by atoms with Gasteiger partial charge in [0.15, 0.2) is 0 Å². The maximum Gasteiger partial charge on any atom is 0.260 e. The van der Waals surface area contributed by atoms with Crippen LogP contribution in [0.1, 0.15) is 23.6 Å². The Bertz CT molecular complexity index is 967. The Morgan fingerprint density at radius 1 is 1.15 bits per heavy atom. The first kappa shape index (κ1) is 21.1. The van der Waals surface area contributed by atoms with Crippen LogP contribution in [-0.4, -0.2) is 32.8 Å². The molecule has 2 aromatic rings. The molecule has 0 aliphatic heterocycles. The molecule has 1 N–H and O–H groups in total. The number of benzene rings is 2. The van der Waals surface area contributed by atoms with E-state index >= 15 is 0 Å². The molecule has 0 radical (unpaired) electrons. The van der Waals surface area contributed by atoms with Gasteiger partial charge >= 0.3 is 0 Å². The van der Waals surface area contributed by atoms with E-state index in [1.165, 1.54) is 0 Å². The van der Waals surface area contributed by atoms with Gasteiger partial charge in [0.05, 0.1) is 17.7 Å². The lowest BCUT2D eigenvalue weighted by Crippen LogP contribution is -2.40. The molecule has 0 aromatic heterocycles. The number of nitrogens with one attached hydrogen (secondary N) is 1. The minimum atomic E-state index is -3.64. The Balaban J connectivity index is 2.21. The number of hydrogen-bond donors (Lipinski definition) is 1. The van der Waals surface area contributed by atoms with E-state index in [1.54, 1.807) is 6.92 Å². The van der Waals surface area contributed by atoms with E-state index in [0.29, 0.717) is 11.4 Å². The first-order valence-electron chi connectivity index (χ1n) is 8.22. The zero-order valence-electron chi connectivity index (χ0n) is 15.7. The molecule has 0 unspecified atom stereocenters. The van der Waals surface area contributed by atoms with Gasteiger partial charge in [-0.05, 0) is 49.6 Å². The van der Waals surface area contributed by atoms with E-state index in [-0.39, 0.29) is 6.54 Å². The van der Waals surface area contributed by atoms with Gasteiger partial charge in [-0.2, -0.15) is 5.10 Å². The van der Waals surface area contributed by atoms with Crippen LogP contribution in [0.25, 0.3) is 0 Å². The summed E-state index contributed by atoms with van der Waals surface area (Å²) in [5.41, 5.74) is 5.98. The minimum absolute atomic E-state index is 0.347. The van der Waals surface area contributed by atoms with Crippen molar-refractivity contribution in [2.24, 2.45) is 5.10 Å². The normalized spacial score (nSPS) is 12.0. The Morgan fingerprint density at radius 2 is 1.74 bits per heavy atom. The second kappa shape index (κ2) is 8.67. The molecule has 0 fully saturated rings. The summed E-state index contributed by atoms with van der Waals surface area (Å²) in [6.45, 7) is 5.05. The lowest BCUT2D eigenvalue weighted by molar-refractivity contribution is -0.119. The molecule has 0 aliphatic carbocycles. The molecule has 0 saturated carbocycles. The lowest BCUT2D eigenvalue weighted by Gasteiger charge is -2.25. The summed E-state index contributed by atoms with van der Waals surface area (Å²) in [6.07, 6.45) is 1.09. The van der Waals surface area contributed by atoms with Crippen molar-refractivity contribution in [1.82, 2.24) is 5.43 Å². The fourth-order valence-electron chi connectivity index (χ4n) is 2.65. The van der Waals surface area contributed by atoms with Crippen molar-refractivity contribution in [1.29, 1.82) is 0 Å². The number of anilines is 1. The molecule has 0 spiro atoms. The third-order valence-electron chi connectivity index (χ3n) is 3.97. The monoisotopic (exact) mass is 451 g/mol. The van der Waals surface area contributed by atoms with Crippen molar-refractivity contribution < 1.29 is 13.2 Å². The standard InChI is InChI=1S/C19H22BrN3O3S/c1-13-7-5-8-14(2)19(13)23(27(4,25)26)12-18(24)22-21-15(3)16-9-6-10-17(20)11-16/h5-11H,12H2,1-4H3,(H,22,24)/b21-15-. The van der Waals surface area contributed by atoms with Crippen LogP contribution < -0.4 is 9.73 Å². The Morgan fingerprint density at radius 3 is 2.30 bits per heavy atom. The highest BCUT2D eigenvalue weighted by atomic mass is 79.9. The van der Waals surface area contributed by atoms with E-state index in [9.17, 15) is 13.2 Å². The van der Waals surface area contributed by atoms with Crippen LogP contribution in [0.3, 0.4) is 0 Å². The van der Waals surface area contributed by atoms with Crippen molar-refractivity contribution in [2.75, 3.05) is 17.1 Å². The van der Waals surface area contributed by atoms with Crippen LogP contribution in [-0.2, 0) is 14.8 Å².